The smallest absolute Gasteiger partial charge is 0.252 e. The molecule has 0 atom stereocenters. The molecule has 0 bridgehead atoms. The summed E-state index contributed by atoms with van der Waals surface area (Å²) < 4.78 is 6.90. The third-order valence-electron chi connectivity index (χ3n) is 3.85. The van der Waals surface area contributed by atoms with E-state index in [0.29, 0.717) is 10.9 Å². The number of rotatable bonds is 8. The first kappa shape index (κ1) is 20.1. The lowest BCUT2D eigenvalue weighted by Crippen LogP contribution is -2.20. The summed E-state index contributed by atoms with van der Waals surface area (Å²) in [5.74, 6) is 0.0949. The Morgan fingerprint density at radius 2 is 1.79 bits per heavy atom. The molecule has 28 heavy (non-hydrogen) atoms. The van der Waals surface area contributed by atoms with Crippen molar-refractivity contribution >= 4 is 34.1 Å². The molecule has 5 nitrogen and oxygen atoms in total. The van der Waals surface area contributed by atoms with Gasteiger partial charge in [-0.15, -0.1) is 0 Å². The number of thiazole rings is 1. The molecule has 0 spiro atoms. The van der Waals surface area contributed by atoms with E-state index in [1.54, 1.807) is 0 Å². The maximum absolute atomic E-state index is 12.4. The number of hydrogen-bond acceptors (Lipinski definition) is 6. The molecule has 0 aliphatic rings. The van der Waals surface area contributed by atoms with E-state index in [1.807, 2.05) is 67.6 Å². The molecule has 1 N–H and O–H groups in total. The summed E-state index contributed by atoms with van der Waals surface area (Å²) in [5, 5.41) is 12.0. The first-order chi connectivity index (χ1) is 13.7. The number of nitriles is 1. The highest BCUT2D eigenvalue weighted by atomic mass is 32.2. The van der Waals surface area contributed by atoms with E-state index in [2.05, 4.69) is 16.4 Å². The second kappa shape index (κ2) is 10.0. The van der Waals surface area contributed by atoms with Gasteiger partial charge in [0.2, 0.25) is 0 Å². The van der Waals surface area contributed by atoms with Gasteiger partial charge in [0.1, 0.15) is 12.7 Å². The van der Waals surface area contributed by atoms with Gasteiger partial charge in [-0.25, -0.2) is 4.98 Å². The number of amides is 1. The number of ether oxygens (including phenoxy) is 1. The number of carbonyl (C=O) groups excluding carboxylic acids is 1. The summed E-state index contributed by atoms with van der Waals surface area (Å²) in [5.41, 5.74) is 2.79. The lowest BCUT2D eigenvalue weighted by Gasteiger charge is -2.18. The first-order valence-corrected chi connectivity index (χ1v) is 10.5. The van der Waals surface area contributed by atoms with Gasteiger partial charge >= 0.3 is 0 Å². The zero-order valence-corrected chi connectivity index (χ0v) is 16.9. The van der Waals surface area contributed by atoms with Crippen LogP contribution in [0.5, 0.6) is 0 Å². The molecule has 0 aliphatic carbocycles. The van der Waals surface area contributed by atoms with Crippen molar-refractivity contribution in [2.24, 2.45) is 0 Å². The Labute approximate surface area is 172 Å². The Hall–Kier alpha value is -2.66. The van der Waals surface area contributed by atoms with Crippen molar-refractivity contribution < 1.29 is 9.53 Å². The van der Waals surface area contributed by atoms with Gasteiger partial charge in [-0.2, -0.15) is 5.26 Å². The van der Waals surface area contributed by atoms with Crippen LogP contribution in [0.3, 0.4) is 0 Å². The summed E-state index contributed by atoms with van der Waals surface area (Å²) >= 11 is 2.79. The van der Waals surface area contributed by atoms with Crippen LogP contribution in [0.15, 0.2) is 64.9 Å². The molecule has 0 saturated carbocycles. The molecule has 1 aromatic heterocycles. The van der Waals surface area contributed by atoms with Gasteiger partial charge in [0.25, 0.3) is 5.91 Å². The SMILES string of the molecule is Cc1nc(NC(=O)COC(c2ccccc2)c2ccccc2)sc1SCC#N. The molecule has 0 saturated heterocycles. The number of nitrogens with one attached hydrogen (secondary N) is 1. The minimum Gasteiger partial charge on any atom is -0.359 e. The molecule has 1 heterocycles. The fraction of sp³-hybridized carbons (Fsp3) is 0.190. The van der Waals surface area contributed by atoms with Gasteiger partial charge in [-0.05, 0) is 18.1 Å². The summed E-state index contributed by atoms with van der Waals surface area (Å²) in [7, 11) is 0. The molecule has 1 amide bonds. The third-order valence-corrected chi connectivity index (χ3v) is 6.16. The lowest BCUT2D eigenvalue weighted by atomic mass is 10.0. The Kier molecular flexibility index (Phi) is 7.20. The van der Waals surface area contributed by atoms with E-state index >= 15 is 0 Å². The monoisotopic (exact) mass is 409 g/mol. The van der Waals surface area contributed by atoms with Crippen LogP contribution in [-0.2, 0) is 9.53 Å². The predicted octanol–water partition coefficient (Wildman–Crippen LogP) is 4.81. The maximum Gasteiger partial charge on any atom is 0.252 e. The zero-order chi connectivity index (χ0) is 19.8. The number of aryl methyl sites for hydroxylation is 1. The largest absolute Gasteiger partial charge is 0.359 e. The molecule has 7 heteroatoms. The van der Waals surface area contributed by atoms with E-state index in [1.165, 1.54) is 23.1 Å². The second-order valence-corrected chi connectivity index (χ2v) is 8.14. The van der Waals surface area contributed by atoms with Crippen LogP contribution >= 0.6 is 23.1 Å². The number of anilines is 1. The topological polar surface area (TPSA) is 75.0 Å². The highest BCUT2D eigenvalue weighted by Gasteiger charge is 2.17. The van der Waals surface area contributed by atoms with E-state index in [9.17, 15) is 4.79 Å². The van der Waals surface area contributed by atoms with Crippen molar-refractivity contribution in [1.29, 1.82) is 5.26 Å². The van der Waals surface area contributed by atoms with Gasteiger partial charge in [-0.1, -0.05) is 83.8 Å². The highest BCUT2D eigenvalue weighted by molar-refractivity contribution is 8.01. The Morgan fingerprint density at radius 1 is 1.18 bits per heavy atom. The van der Waals surface area contributed by atoms with Crippen LogP contribution in [0.1, 0.15) is 22.9 Å². The number of hydrogen-bond donors (Lipinski definition) is 1. The highest BCUT2D eigenvalue weighted by Crippen LogP contribution is 2.32. The van der Waals surface area contributed by atoms with E-state index < -0.39 is 0 Å². The Balaban J connectivity index is 1.65. The molecule has 0 fully saturated rings. The predicted molar refractivity (Wildman–Crippen MR) is 112 cm³/mol. The van der Waals surface area contributed by atoms with Crippen LogP contribution in [0.4, 0.5) is 5.13 Å². The number of benzene rings is 2. The summed E-state index contributed by atoms with van der Waals surface area (Å²) in [4.78, 5) is 16.7. The van der Waals surface area contributed by atoms with E-state index in [-0.39, 0.29) is 18.6 Å². The summed E-state index contributed by atoms with van der Waals surface area (Å²) in [6.07, 6.45) is -0.326. The molecule has 2 aromatic carbocycles. The molecule has 0 unspecified atom stereocenters. The van der Waals surface area contributed by atoms with E-state index in [4.69, 9.17) is 10.00 Å². The number of nitrogens with zero attached hydrogens (tertiary/aromatic N) is 2. The zero-order valence-electron chi connectivity index (χ0n) is 15.3. The van der Waals surface area contributed by atoms with Crippen molar-refractivity contribution in [2.75, 3.05) is 17.7 Å². The normalized spacial score (nSPS) is 10.6. The second-order valence-electron chi connectivity index (χ2n) is 5.90. The van der Waals surface area contributed by atoms with Crippen LogP contribution < -0.4 is 5.32 Å². The number of aromatic nitrogens is 1. The Bertz CT molecular complexity index is 913. The molecule has 3 rings (SSSR count). The van der Waals surface area contributed by atoms with Crippen LogP contribution in [0.25, 0.3) is 0 Å². The van der Waals surface area contributed by atoms with Crippen molar-refractivity contribution in [1.82, 2.24) is 4.98 Å². The molecule has 0 radical (unpaired) electrons. The van der Waals surface area contributed by atoms with Gasteiger partial charge in [-0.3, -0.25) is 10.1 Å². The fourth-order valence-corrected chi connectivity index (χ4v) is 4.44. The average molecular weight is 410 g/mol. The maximum atomic E-state index is 12.4. The van der Waals surface area contributed by atoms with Gasteiger partial charge in [0, 0.05) is 0 Å². The van der Waals surface area contributed by atoms with Gasteiger partial charge in [0.15, 0.2) is 5.13 Å². The number of thioether (sulfide) groups is 1. The Morgan fingerprint density at radius 3 is 2.36 bits per heavy atom. The van der Waals surface area contributed by atoms with Crippen molar-refractivity contribution in [3.63, 3.8) is 0 Å². The fourth-order valence-electron chi connectivity index (χ4n) is 2.62. The quantitative estimate of drug-likeness (QED) is 0.540. The summed E-state index contributed by atoms with van der Waals surface area (Å²) in [6, 6.07) is 21.7. The molecule has 142 valence electrons. The van der Waals surface area contributed by atoms with Crippen molar-refractivity contribution in [3.05, 3.63) is 77.5 Å². The van der Waals surface area contributed by atoms with E-state index in [0.717, 1.165) is 21.0 Å². The average Bonchev–Trinajstić information content (AvgIpc) is 3.07. The van der Waals surface area contributed by atoms with Crippen molar-refractivity contribution in [2.45, 2.75) is 17.2 Å². The van der Waals surface area contributed by atoms with Crippen LogP contribution in [0.2, 0.25) is 0 Å². The first-order valence-electron chi connectivity index (χ1n) is 8.66. The van der Waals surface area contributed by atoms with Crippen molar-refractivity contribution in [3.8, 4) is 6.07 Å². The third kappa shape index (κ3) is 5.42. The molecule has 0 aliphatic heterocycles. The van der Waals surface area contributed by atoms with Gasteiger partial charge < -0.3 is 4.74 Å². The molecular weight excluding hydrogens is 390 g/mol. The molecule has 3 aromatic rings. The van der Waals surface area contributed by atoms with Gasteiger partial charge in [0.05, 0.1) is 21.7 Å². The summed E-state index contributed by atoms with van der Waals surface area (Å²) in [6.45, 7) is 1.77. The number of carbonyl (C=O) groups is 1. The van der Waals surface area contributed by atoms with Crippen LogP contribution in [0, 0.1) is 18.3 Å². The lowest BCUT2D eigenvalue weighted by molar-refractivity contribution is -0.121. The standard InChI is InChI=1S/C21H19N3O2S2/c1-15-20(27-13-12-22)28-21(23-15)24-18(25)14-26-19(16-8-4-2-5-9-16)17-10-6-3-7-11-17/h2-11,19H,13-14H2,1H3,(H,23,24,25). The molecular formula is C21H19N3O2S2. The minimum atomic E-state index is -0.326. The van der Waals surface area contributed by atoms with Crippen LogP contribution in [-0.4, -0.2) is 23.3 Å². The minimum absolute atomic E-state index is 0.0895.